The van der Waals surface area contributed by atoms with Crippen LogP contribution in [0.3, 0.4) is 0 Å². The average Bonchev–Trinajstić information content (AvgIpc) is 2.65. The molecular formula is C6H9ClN4O3. The summed E-state index contributed by atoms with van der Waals surface area (Å²) in [6.07, 6.45) is 0. The smallest absolute Gasteiger partial charge is 0.214 e. The fourth-order valence-corrected chi connectivity index (χ4v) is 0.939. The fraction of sp³-hybridized carbons (Fsp3) is 0.667. The first-order valence-electron chi connectivity index (χ1n) is 3.81. The number of hydrogen-bond acceptors (Lipinski definition) is 7. The van der Waals surface area contributed by atoms with E-state index in [4.69, 9.17) is 16.3 Å². The minimum Gasteiger partial charge on any atom is -0.383 e. The molecule has 0 saturated heterocycles. The van der Waals surface area contributed by atoms with Crippen molar-refractivity contribution in [1.29, 1.82) is 0 Å². The van der Waals surface area contributed by atoms with E-state index in [0.717, 1.165) is 0 Å². The molecule has 78 valence electrons. The molecule has 1 rings (SSSR count). The molecule has 1 atom stereocenters. The minimum absolute atomic E-state index is 0.178. The monoisotopic (exact) mass is 220 g/mol. The van der Waals surface area contributed by atoms with Gasteiger partial charge in [-0.15, -0.1) is 4.91 Å². The van der Waals surface area contributed by atoms with Gasteiger partial charge in [0.1, 0.15) is 0 Å². The lowest BCUT2D eigenvalue weighted by Gasteiger charge is -2.02. The van der Waals surface area contributed by atoms with Crippen molar-refractivity contribution in [3.8, 4) is 0 Å². The molecule has 0 spiro atoms. The van der Waals surface area contributed by atoms with E-state index in [1.54, 1.807) is 7.11 Å². The van der Waals surface area contributed by atoms with Crippen LogP contribution in [0.2, 0.25) is 0 Å². The zero-order valence-corrected chi connectivity index (χ0v) is 8.19. The van der Waals surface area contributed by atoms with Gasteiger partial charge in [0.25, 0.3) is 0 Å². The first-order valence-corrected chi connectivity index (χ1v) is 4.25. The molecule has 1 unspecified atom stereocenters. The number of alkyl halides is 1. The maximum absolute atomic E-state index is 10.1. The number of halogens is 1. The average molecular weight is 221 g/mol. The molecule has 8 heteroatoms. The highest BCUT2D eigenvalue weighted by atomic mass is 35.5. The Hall–Kier alpha value is -1.21. The predicted octanol–water partition coefficient (Wildman–Crippen LogP) is 1.13. The van der Waals surface area contributed by atoms with Gasteiger partial charge in [-0.2, -0.15) is 0 Å². The number of nitroso groups, excluding NO2 is 1. The SMILES string of the molecule is COCCNc1nonc1C(Cl)N=O. The van der Waals surface area contributed by atoms with E-state index in [2.05, 4.69) is 25.4 Å². The van der Waals surface area contributed by atoms with Crippen molar-refractivity contribution in [2.45, 2.75) is 5.50 Å². The molecule has 0 aromatic carbocycles. The highest BCUT2D eigenvalue weighted by Crippen LogP contribution is 2.24. The van der Waals surface area contributed by atoms with Crippen LogP contribution < -0.4 is 5.32 Å². The van der Waals surface area contributed by atoms with Crippen molar-refractivity contribution in [3.05, 3.63) is 10.6 Å². The van der Waals surface area contributed by atoms with Crippen LogP contribution in [0.1, 0.15) is 11.2 Å². The summed E-state index contributed by atoms with van der Waals surface area (Å²) in [5, 5.41) is 12.4. The number of methoxy groups -OCH3 is 1. The molecule has 1 aromatic heterocycles. The number of nitrogens with zero attached hydrogens (tertiary/aromatic N) is 3. The summed E-state index contributed by atoms with van der Waals surface area (Å²) in [6.45, 7) is 1.01. The zero-order chi connectivity index (χ0) is 10.4. The summed E-state index contributed by atoms with van der Waals surface area (Å²) in [7, 11) is 1.57. The maximum Gasteiger partial charge on any atom is 0.214 e. The van der Waals surface area contributed by atoms with Gasteiger partial charge in [-0.3, -0.25) is 0 Å². The third kappa shape index (κ3) is 2.64. The van der Waals surface area contributed by atoms with E-state index in [1.807, 2.05) is 0 Å². The van der Waals surface area contributed by atoms with Crippen LogP contribution in [0.4, 0.5) is 5.82 Å². The Bertz CT molecular complexity index is 292. The Morgan fingerprint density at radius 3 is 3.14 bits per heavy atom. The van der Waals surface area contributed by atoms with Gasteiger partial charge < -0.3 is 10.1 Å². The Morgan fingerprint density at radius 1 is 1.71 bits per heavy atom. The molecular weight excluding hydrogens is 212 g/mol. The van der Waals surface area contributed by atoms with Gasteiger partial charge in [0, 0.05) is 13.7 Å². The molecule has 0 aliphatic heterocycles. The van der Waals surface area contributed by atoms with Crippen LogP contribution in [0, 0.1) is 4.91 Å². The third-order valence-corrected chi connectivity index (χ3v) is 1.72. The molecule has 7 nitrogen and oxygen atoms in total. The Balaban J connectivity index is 2.58. The van der Waals surface area contributed by atoms with Crippen molar-refractivity contribution in [1.82, 2.24) is 10.3 Å². The van der Waals surface area contributed by atoms with Crippen molar-refractivity contribution in [2.24, 2.45) is 5.18 Å². The summed E-state index contributed by atoms with van der Waals surface area (Å²) in [5.74, 6) is 0.307. The van der Waals surface area contributed by atoms with Crippen molar-refractivity contribution < 1.29 is 9.37 Å². The highest BCUT2D eigenvalue weighted by molar-refractivity contribution is 6.20. The fourth-order valence-electron chi connectivity index (χ4n) is 0.796. The molecule has 0 aliphatic rings. The lowest BCUT2D eigenvalue weighted by Crippen LogP contribution is -2.09. The first kappa shape index (κ1) is 10.9. The van der Waals surface area contributed by atoms with E-state index >= 15 is 0 Å². The van der Waals surface area contributed by atoms with Crippen molar-refractivity contribution in [3.63, 3.8) is 0 Å². The largest absolute Gasteiger partial charge is 0.383 e. The third-order valence-electron chi connectivity index (χ3n) is 1.43. The lowest BCUT2D eigenvalue weighted by molar-refractivity contribution is 0.210. The first-order chi connectivity index (χ1) is 6.79. The predicted molar refractivity (Wildman–Crippen MR) is 49.1 cm³/mol. The molecule has 1 N–H and O–H groups in total. The van der Waals surface area contributed by atoms with E-state index in [9.17, 15) is 4.91 Å². The summed E-state index contributed by atoms with van der Waals surface area (Å²) in [5.41, 5.74) is -0.913. The van der Waals surface area contributed by atoms with Gasteiger partial charge >= 0.3 is 0 Å². The topological polar surface area (TPSA) is 89.6 Å². The van der Waals surface area contributed by atoms with Crippen LogP contribution in [0.25, 0.3) is 0 Å². The molecule has 0 radical (unpaired) electrons. The van der Waals surface area contributed by atoms with Crippen molar-refractivity contribution >= 4 is 17.4 Å². The van der Waals surface area contributed by atoms with Crippen LogP contribution in [0.15, 0.2) is 9.81 Å². The number of anilines is 1. The van der Waals surface area contributed by atoms with E-state index in [-0.39, 0.29) is 5.69 Å². The number of hydrogen-bond donors (Lipinski definition) is 1. The van der Waals surface area contributed by atoms with Gasteiger partial charge in [-0.1, -0.05) is 11.6 Å². The minimum atomic E-state index is -1.09. The van der Waals surface area contributed by atoms with Gasteiger partial charge in [0.05, 0.1) is 6.61 Å². The van der Waals surface area contributed by atoms with Crippen molar-refractivity contribution in [2.75, 3.05) is 25.6 Å². The summed E-state index contributed by atoms with van der Waals surface area (Å²) in [6, 6.07) is 0. The second kappa shape index (κ2) is 5.51. The van der Waals surface area contributed by atoms with E-state index < -0.39 is 5.50 Å². The molecule has 14 heavy (non-hydrogen) atoms. The standard InChI is InChI=1S/C6H9ClN4O3/c1-13-3-2-8-6-4(5(7)9-12)10-14-11-6/h5H,2-3H2,1H3,(H,8,11). The van der Waals surface area contributed by atoms with Crippen LogP contribution in [0.5, 0.6) is 0 Å². The number of ether oxygens (including phenoxy) is 1. The highest BCUT2D eigenvalue weighted by Gasteiger charge is 2.18. The number of aromatic nitrogens is 2. The van der Waals surface area contributed by atoms with Crippen LogP contribution in [-0.2, 0) is 4.74 Å². The zero-order valence-electron chi connectivity index (χ0n) is 7.44. The number of rotatable bonds is 6. The molecule has 0 bridgehead atoms. The van der Waals surface area contributed by atoms with Crippen LogP contribution in [-0.4, -0.2) is 30.6 Å². The van der Waals surface area contributed by atoms with E-state index in [0.29, 0.717) is 19.0 Å². The van der Waals surface area contributed by atoms with Gasteiger partial charge in [0.2, 0.25) is 5.50 Å². The molecule has 0 saturated carbocycles. The summed E-state index contributed by atoms with van der Waals surface area (Å²) in [4.78, 5) is 10.1. The Kier molecular flexibility index (Phi) is 4.27. The number of nitrogens with one attached hydrogen (secondary N) is 1. The Morgan fingerprint density at radius 2 is 2.50 bits per heavy atom. The summed E-state index contributed by atoms with van der Waals surface area (Å²) >= 11 is 5.54. The summed E-state index contributed by atoms with van der Waals surface area (Å²) < 4.78 is 9.22. The molecule has 0 amide bonds. The van der Waals surface area contributed by atoms with Gasteiger partial charge in [-0.05, 0) is 15.5 Å². The van der Waals surface area contributed by atoms with Gasteiger partial charge in [-0.25, -0.2) is 4.63 Å². The van der Waals surface area contributed by atoms with E-state index in [1.165, 1.54) is 0 Å². The molecule has 0 aliphatic carbocycles. The molecule has 1 heterocycles. The second-order valence-electron chi connectivity index (χ2n) is 2.36. The maximum atomic E-state index is 10.1. The molecule has 0 fully saturated rings. The Labute approximate surface area is 84.7 Å². The van der Waals surface area contributed by atoms with Gasteiger partial charge in [0.15, 0.2) is 11.5 Å². The van der Waals surface area contributed by atoms with Crippen LogP contribution >= 0.6 is 11.6 Å². The lowest BCUT2D eigenvalue weighted by atomic mass is 10.4. The normalized spacial score (nSPS) is 12.4. The molecule has 1 aromatic rings. The quantitative estimate of drug-likeness (QED) is 0.335. The second-order valence-corrected chi connectivity index (χ2v) is 2.77.